The number of aryl methyl sites for hydroxylation is 2. The molecule has 0 N–H and O–H groups in total. The predicted molar refractivity (Wildman–Crippen MR) is 92.4 cm³/mol. The van der Waals surface area contributed by atoms with Gasteiger partial charge in [0.25, 0.3) is 5.52 Å². The van der Waals surface area contributed by atoms with Crippen LogP contribution in [0.1, 0.15) is 21.5 Å². The molecule has 0 amide bonds. The molecule has 122 valence electrons. The highest BCUT2D eigenvalue weighted by atomic mass is 32.2. The second-order valence-corrected chi connectivity index (χ2v) is 8.33. The Morgan fingerprint density at radius 2 is 1.52 bits per heavy atom. The standard InChI is InChI=1S/C17H19O4PS/c1-12-5-8-14(9-6-12)23-16-11-13(2)7-10-15(16)17(18)22(19,20-3)21-4/h5-11H,1-4H3. The van der Waals surface area contributed by atoms with Gasteiger partial charge in [-0.2, -0.15) is 0 Å². The van der Waals surface area contributed by atoms with Gasteiger partial charge >= 0.3 is 7.60 Å². The molecule has 2 rings (SSSR count). The zero-order valence-electron chi connectivity index (χ0n) is 13.5. The van der Waals surface area contributed by atoms with Crippen molar-refractivity contribution in [3.63, 3.8) is 0 Å². The number of benzene rings is 2. The first-order valence-corrected chi connectivity index (χ1v) is 9.37. The van der Waals surface area contributed by atoms with Gasteiger partial charge in [-0.3, -0.25) is 9.36 Å². The third-order valence-electron chi connectivity index (χ3n) is 3.35. The highest BCUT2D eigenvalue weighted by Crippen LogP contribution is 2.51. The van der Waals surface area contributed by atoms with Crippen molar-refractivity contribution in [2.75, 3.05) is 14.2 Å². The van der Waals surface area contributed by atoms with Gasteiger partial charge in [-0.25, -0.2) is 0 Å². The van der Waals surface area contributed by atoms with Gasteiger partial charge in [0.1, 0.15) is 0 Å². The minimum Gasteiger partial charge on any atom is -0.306 e. The Bertz CT molecular complexity index is 748. The van der Waals surface area contributed by atoms with E-state index < -0.39 is 13.1 Å². The maximum absolute atomic E-state index is 12.6. The van der Waals surface area contributed by atoms with Crippen LogP contribution in [0.5, 0.6) is 0 Å². The molecule has 0 aliphatic heterocycles. The van der Waals surface area contributed by atoms with E-state index in [4.69, 9.17) is 9.05 Å². The molecule has 2 aromatic rings. The summed E-state index contributed by atoms with van der Waals surface area (Å²) < 4.78 is 22.0. The lowest BCUT2D eigenvalue weighted by atomic mass is 10.2. The molecule has 0 atom stereocenters. The Kier molecular flexibility index (Phi) is 5.82. The summed E-state index contributed by atoms with van der Waals surface area (Å²) in [5, 5.41) is 0. The van der Waals surface area contributed by atoms with E-state index in [1.54, 1.807) is 6.07 Å². The molecule has 2 aromatic carbocycles. The Balaban J connectivity index is 2.43. The maximum Gasteiger partial charge on any atom is 0.401 e. The van der Waals surface area contributed by atoms with E-state index in [0.29, 0.717) is 5.56 Å². The largest absolute Gasteiger partial charge is 0.401 e. The van der Waals surface area contributed by atoms with E-state index >= 15 is 0 Å². The molecule has 0 aromatic heterocycles. The minimum absolute atomic E-state index is 0.341. The van der Waals surface area contributed by atoms with Gasteiger partial charge in [0.05, 0.1) is 0 Å². The van der Waals surface area contributed by atoms with E-state index in [1.165, 1.54) is 26.0 Å². The summed E-state index contributed by atoms with van der Waals surface area (Å²) >= 11 is 1.45. The molecule has 0 radical (unpaired) electrons. The van der Waals surface area contributed by atoms with Crippen molar-refractivity contribution < 1.29 is 18.4 Å². The first-order chi connectivity index (χ1) is 10.9. The van der Waals surface area contributed by atoms with Gasteiger partial charge in [0.15, 0.2) is 0 Å². The second-order valence-electron chi connectivity index (χ2n) is 5.08. The summed E-state index contributed by atoms with van der Waals surface area (Å²) in [6.07, 6.45) is 0. The zero-order chi connectivity index (χ0) is 17.0. The first-order valence-electron chi connectivity index (χ1n) is 7.01. The van der Waals surface area contributed by atoms with Gasteiger partial charge in [0, 0.05) is 29.6 Å². The van der Waals surface area contributed by atoms with Crippen LogP contribution in [0.15, 0.2) is 52.3 Å². The average Bonchev–Trinajstić information content (AvgIpc) is 2.56. The van der Waals surface area contributed by atoms with Crippen LogP contribution in [0, 0.1) is 13.8 Å². The molecule has 0 heterocycles. The Labute approximate surface area is 140 Å². The highest BCUT2D eigenvalue weighted by Gasteiger charge is 2.35. The molecule has 0 bridgehead atoms. The molecule has 0 saturated heterocycles. The van der Waals surface area contributed by atoms with Crippen LogP contribution < -0.4 is 0 Å². The normalized spacial score (nSPS) is 11.5. The van der Waals surface area contributed by atoms with Crippen molar-refractivity contribution >= 4 is 24.9 Å². The zero-order valence-corrected chi connectivity index (χ0v) is 15.2. The van der Waals surface area contributed by atoms with Crippen molar-refractivity contribution in [2.24, 2.45) is 0 Å². The third-order valence-corrected chi connectivity index (χ3v) is 6.11. The van der Waals surface area contributed by atoms with Gasteiger partial charge in [-0.1, -0.05) is 35.5 Å². The Hall–Kier alpha value is -1.39. The quantitative estimate of drug-likeness (QED) is 0.680. The monoisotopic (exact) mass is 350 g/mol. The van der Waals surface area contributed by atoms with E-state index in [-0.39, 0.29) is 0 Å². The van der Waals surface area contributed by atoms with Crippen LogP contribution in [0.4, 0.5) is 0 Å². The van der Waals surface area contributed by atoms with Crippen molar-refractivity contribution in [3.05, 3.63) is 59.2 Å². The number of hydrogen-bond acceptors (Lipinski definition) is 5. The van der Waals surface area contributed by atoms with Crippen molar-refractivity contribution in [1.29, 1.82) is 0 Å². The summed E-state index contributed by atoms with van der Waals surface area (Å²) in [7, 11) is -1.38. The number of rotatable bonds is 6. The van der Waals surface area contributed by atoms with Crippen molar-refractivity contribution in [1.82, 2.24) is 0 Å². The van der Waals surface area contributed by atoms with E-state index in [9.17, 15) is 9.36 Å². The van der Waals surface area contributed by atoms with Crippen LogP contribution in [0.3, 0.4) is 0 Å². The fourth-order valence-electron chi connectivity index (χ4n) is 2.01. The summed E-state index contributed by atoms with van der Waals surface area (Å²) in [5.41, 5.74) is 1.89. The Morgan fingerprint density at radius 3 is 2.09 bits per heavy atom. The van der Waals surface area contributed by atoms with Crippen LogP contribution >= 0.6 is 19.4 Å². The Morgan fingerprint density at radius 1 is 0.957 bits per heavy atom. The van der Waals surface area contributed by atoms with Crippen LogP contribution in [0.2, 0.25) is 0 Å². The molecule has 0 fully saturated rings. The molecular weight excluding hydrogens is 331 g/mol. The smallest absolute Gasteiger partial charge is 0.306 e. The highest BCUT2D eigenvalue weighted by molar-refractivity contribution is 7.99. The predicted octanol–water partition coefficient (Wildman–Crippen LogP) is 5.08. The minimum atomic E-state index is -3.80. The van der Waals surface area contributed by atoms with E-state index in [2.05, 4.69) is 0 Å². The molecular formula is C17H19O4PS. The van der Waals surface area contributed by atoms with Crippen LogP contribution in [0.25, 0.3) is 0 Å². The molecule has 0 saturated carbocycles. The summed E-state index contributed by atoms with van der Waals surface area (Å²) in [6.45, 7) is 3.96. The van der Waals surface area contributed by atoms with E-state index in [1.807, 2.05) is 50.2 Å². The molecule has 0 spiro atoms. The van der Waals surface area contributed by atoms with Crippen molar-refractivity contribution in [2.45, 2.75) is 23.6 Å². The van der Waals surface area contributed by atoms with Gasteiger partial charge in [0.2, 0.25) is 0 Å². The molecule has 6 heteroatoms. The molecule has 4 nitrogen and oxygen atoms in total. The molecule has 0 aliphatic rings. The summed E-state index contributed by atoms with van der Waals surface area (Å²) in [4.78, 5) is 14.3. The van der Waals surface area contributed by atoms with Crippen LogP contribution in [-0.2, 0) is 13.6 Å². The van der Waals surface area contributed by atoms with Crippen molar-refractivity contribution in [3.8, 4) is 0 Å². The second kappa shape index (κ2) is 7.45. The first kappa shape index (κ1) is 18.0. The topological polar surface area (TPSA) is 52.6 Å². The lowest BCUT2D eigenvalue weighted by Gasteiger charge is -2.15. The summed E-state index contributed by atoms with van der Waals surface area (Å²) in [6, 6.07) is 13.4. The number of carbonyl (C=O) groups is 1. The molecule has 0 unspecified atom stereocenters. The van der Waals surface area contributed by atoms with E-state index in [0.717, 1.165) is 20.9 Å². The van der Waals surface area contributed by atoms with Gasteiger partial charge in [-0.05, 0) is 43.7 Å². The van der Waals surface area contributed by atoms with Crippen LogP contribution in [-0.4, -0.2) is 19.7 Å². The number of carbonyl (C=O) groups excluding carboxylic acids is 1. The summed E-state index contributed by atoms with van der Waals surface area (Å²) in [5.74, 6) is 0. The molecule has 23 heavy (non-hydrogen) atoms. The lowest BCUT2D eigenvalue weighted by Crippen LogP contribution is -2.06. The van der Waals surface area contributed by atoms with Gasteiger partial charge in [-0.15, -0.1) is 0 Å². The maximum atomic E-state index is 12.6. The average molecular weight is 350 g/mol. The fraction of sp³-hybridized carbons (Fsp3) is 0.235. The fourth-order valence-corrected chi connectivity index (χ4v) is 4.10. The lowest BCUT2D eigenvalue weighted by molar-refractivity contribution is 0.102. The molecule has 0 aliphatic carbocycles. The third kappa shape index (κ3) is 4.12. The van der Waals surface area contributed by atoms with Gasteiger partial charge < -0.3 is 9.05 Å². The number of hydrogen-bond donors (Lipinski definition) is 0. The SMILES string of the molecule is COP(=O)(OC)C(=O)c1ccc(C)cc1Sc1ccc(C)cc1.